The summed E-state index contributed by atoms with van der Waals surface area (Å²) in [6.07, 6.45) is 1.33. The van der Waals surface area contributed by atoms with E-state index in [-0.39, 0.29) is 24.3 Å². The third-order valence-corrected chi connectivity index (χ3v) is 4.54. The average Bonchev–Trinajstić information content (AvgIpc) is 2.69. The maximum absolute atomic E-state index is 11.5. The van der Waals surface area contributed by atoms with E-state index in [4.69, 9.17) is 14.2 Å². The Morgan fingerprint density at radius 3 is 2.50 bits per heavy atom. The molecule has 0 bridgehead atoms. The molecular formula is C22H26O4. The molecule has 1 heterocycles. The van der Waals surface area contributed by atoms with Crippen LogP contribution >= 0.6 is 0 Å². The number of Topliss-reactive ketones (excluding diaryl/α,β-unsaturated/α-hetero) is 1. The number of hydrogen-bond acceptors (Lipinski definition) is 4. The van der Waals surface area contributed by atoms with Crippen molar-refractivity contribution in [1.29, 1.82) is 0 Å². The van der Waals surface area contributed by atoms with E-state index in [1.54, 1.807) is 6.92 Å². The lowest BCUT2D eigenvalue weighted by Gasteiger charge is -2.35. The van der Waals surface area contributed by atoms with Crippen LogP contribution in [-0.4, -0.2) is 24.6 Å². The number of benzene rings is 2. The molecule has 3 rings (SSSR count). The van der Waals surface area contributed by atoms with Crippen molar-refractivity contribution >= 4 is 5.78 Å². The van der Waals surface area contributed by atoms with Gasteiger partial charge in [-0.25, -0.2) is 0 Å². The Morgan fingerprint density at radius 2 is 1.81 bits per heavy atom. The highest BCUT2D eigenvalue weighted by molar-refractivity contribution is 5.75. The number of carbonyl (C=O) groups excluding carboxylic acids is 1. The van der Waals surface area contributed by atoms with Gasteiger partial charge >= 0.3 is 0 Å². The monoisotopic (exact) mass is 354 g/mol. The molecule has 0 aromatic heterocycles. The fourth-order valence-corrected chi connectivity index (χ4v) is 3.12. The first-order valence-electron chi connectivity index (χ1n) is 9.19. The zero-order valence-electron chi connectivity index (χ0n) is 15.2. The van der Waals surface area contributed by atoms with Crippen molar-refractivity contribution in [3.8, 4) is 0 Å². The average molecular weight is 354 g/mol. The standard InChI is InChI=1S/C22H26O4/c1-17(23)12-13-20(25-16-18-8-4-2-5-9-18)21-14-15-24-22(26-21)19-10-6-3-7-11-19/h2-11,20-22H,12-16H2,1H3/t20-,21+,22?/m0/s1. The Balaban J connectivity index is 1.65. The molecule has 1 saturated heterocycles. The van der Waals surface area contributed by atoms with Gasteiger partial charge in [-0.1, -0.05) is 60.7 Å². The molecule has 3 atom stereocenters. The van der Waals surface area contributed by atoms with Crippen molar-refractivity contribution in [1.82, 2.24) is 0 Å². The number of ether oxygens (including phenoxy) is 3. The molecule has 0 aliphatic carbocycles. The Kier molecular flexibility index (Phi) is 6.95. The van der Waals surface area contributed by atoms with Gasteiger partial charge in [0.05, 0.1) is 25.4 Å². The van der Waals surface area contributed by atoms with Gasteiger partial charge in [0.1, 0.15) is 5.78 Å². The molecule has 0 spiro atoms. The lowest BCUT2D eigenvalue weighted by molar-refractivity contribution is -0.244. The van der Waals surface area contributed by atoms with E-state index in [0.717, 1.165) is 17.5 Å². The maximum Gasteiger partial charge on any atom is 0.184 e. The second-order valence-electron chi connectivity index (χ2n) is 6.65. The summed E-state index contributed by atoms with van der Waals surface area (Å²) in [4.78, 5) is 11.5. The fraction of sp³-hybridized carbons (Fsp3) is 0.409. The molecule has 1 unspecified atom stereocenters. The molecule has 2 aromatic rings. The number of rotatable bonds is 8. The molecule has 4 heteroatoms. The van der Waals surface area contributed by atoms with Crippen LogP contribution in [0.1, 0.15) is 43.6 Å². The van der Waals surface area contributed by atoms with E-state index >= 15 is 0 Å². The van der Waals surface area contributed by atoms with Gasteiger partial charge in [-0.2, -0.15) is 0 Å². The lowest BCUT2D eigenvalue weighted by Crippen LogP contribution is -2.38. The smallest absolute Gasteiger partial charge is 0.184 e. The summed E-state index contributed by atoms with van der Waals surface area (Å²) >= 11 is 0. The second kappa shape index (κ2) is 9.62. The van der Waals surface area contributed by atoms with Crippen molar-refractivity contribution in [2.45, 2.75) is 51.3 Å². The first-order chi connectivity index (χ1) is 12.7. The molecule has 26 heavy (non-hydrogen) atoms. The highest BCUT2D eigenvalue weighted by Crippen LogP contribution is 2.30. The topological polar surface area (TPSA) is 44.8 Å². The number of carbonyl (C=O) groups is 1. The third-order valence-electron chi connectivity index (χ3n) is 4.54. The zero-order valence-corrected chi connectivity index (χ0v) is 15.2. The van der Waals surface area contributed by atoms with Crippen LogP contribution in [0.5, 0.6) is 0 Å². The molecular weight excluding hydrogens is 328 g/mol. The molecule has 0 saturated carbocycles. The van der Waals surface area contributed by atoms with Crippen LogP contribution < -0.4 is 0 Å². The van der Waals surface area contributed by atoms with Gasteiger partial charge in [-0.15, -0.1) is 0 Å². The van der Waals surface area contributed by atoms with E-state index in [1.165, 1.54) is 0 Å². The van der Waals surface area contributed by atoms with Gasteiger partial charge in [0.15, 0.2) is 6.29 Å². The molecule has 0 N–H and O–H groups in total. The van der Waals surface area contributed by atoms with Crippen molar-refractivity contribution in [2.24, 2.45) is 0 Å². The van der Waals surface area contributed by atoms with Gasteiger partial charge < -0.3 is 19.0 Å². The van der Waals surface area contributed by atoms with Crippen molar-refractivity contribution in [3.05, 3.63) is 71.8 Å². The molecule has 138 valence electrons. The molecule has 1 aliphatic heterocycles. The van der Waals surface area contributed by atoms with Crippen molar-refractivity contribution in [3.63, 3.8) is 0 Å². The number of hydrogen-bond donors (Lipinski definition) is 0. The number of ketones is 1. The SMILES string of the molecule is CC(=O)CC[C@H](OCc1ccccc1)[C@H]1CCOC(c2ccccc2)O1. The maximum atomic E-state index is 11.5. The van der Waals surface area contributed by atoms with E-state index in [9.17, 15) is 4.79 Å². The first kappa shape index (κ1) is 18.8. The van der Waals surface area contributed by atoms with Gasteiger partial charge in [-0.3, -0.25) is 0 Å². The van der Waals surface area contributed by atoms with E-state index < -0.39 is 0 Å². The van der Waals surface area contributed by atoms with Crippen LogP contribution in [-0.2, 0) is 25.6 Å². The summed E-state index contributed by atoms with van der Waals surface area (Å²) in [6.45, 7) is 2.75. The molecule has 0 amide bonds. The van der Waals surface area contributed by atoms with Crippen LogP contribution in [0.2, 0.25) is 0 Å². The summed E-state index contributed by atoms with van der Waals surface area (Å²) in [6, 6.07) is 20.0. The van der Waals surface area contributed by atoms with Crippen molar-refractivity contribution in [2.75, 3.05) is 6.61 Å². The Morgan fingerprint density at radius 1 is 1.12 bits per heavy atom. The minimum absolute atomic E-state index is 0.0861. The van der Waals surface area contributed by atoms with E-state index in [2.05, 4.69) is 0 Å². The third kappa shape index (κ3) is 5.49. The highest BCUT2D eigenvalue weighted by Gasteiger charge is 2.31. The highest BCUT2D eigenvalue weighted by atomic mass is 16.7. The zero-order chi connectivity index (χ0) is 18.2. The molecule has 0 radical (unpaired) electrons. The predicted molar refractivity (Wildman–Crippen MR) is 99.6 cm³/mol. The van der Waals surface area contributed by atoms with Gasteiger partial charge in [0, 0.05) is 12.0 Å². The molecule has 1 aliphatic rings. The molecule has 1 fully saturated rings. The van der Waals surface area contributed by atoms with Gasteiger partial charge in [0.2, 0.25) is 0 Å². The Hall–Kier alpha value is -2.01. The van der Waals surface area contributed by atoms with E-state index in [1.807, 2.05) is 60.7 Å². The van der Waals surface area contributed by atoms with Gasteiger partial charge in [-0.05, 0) is 25.3 Å². The summed E-state index contributed by atoms with van der Waals surface area (Å²) in [5.41, 5.74) is 2.12. The van der Waals surface area contributed by atoms with Crippen LogP contribution in [0, 0.1) is 0 Å². The minimum atomic E-state index is -0.380. The molecule has 4 nitrogen and oxygen atoms in total. The van der Waals surface area contributed by atoms with Crippen LogP contribution in [0.15, 0.2) is 60.7 Å². The quantitative estimate of drug-likeness (QED) is 0.703. The van der Waals surface area contributed by atoms with Crippen LogP contribution in [0.3, 0.4) is 0 Å². The van der Waals surface area contributed by atoms with Crippen LogP contribution in [0.4, 0.5) is 0 Å². The van der Waals surface area contributed by atoms with Crippen molar-refractivity contribution < 1.29 is 19.0 Å². The Labute approximate surface area is 155 Å². The normalized spacial score (nSPS) is 21.3. The second-order valence-corrected chi connectivity index (χ2v) is 6.65. The van der Waals surface area contributed by atoms with Crippen LogP contribution in [0.25, 0.3) is 0 Å². The van der Waals surface area contributed by atoms with Gasteiger partial charge in [0.25, 0.3) is 0 Å². The summed E-state index contributed by atoms with van der Waals surface area (Å²) < 4.78 is 18.2. The predicted octanol–water partition coefficient (Wildman–Crippen LogP) is 4.45. The first-order valence-corrected chi connectivity index (χ1v) is 9.19. The lowest BCUT2D eigenvalue weighted by atomic mass is 10.0. The molecule has 2 aromatic carbocycles. The largest absolute Gasteiger partial charge is 0.371 e. The Bertz CT molecular complexity index is 671. The summed E-state index contributed by atoms with van der Waals surface area (Å²) in [5, 5.41) is 0. The minimum Gasteiger partial charge on any atom is -0.371 e. The summed E-state index contributed by atoms with van der Waals surface area (Å²) in [7, 11) is 0. The summed E-state index contributed by atoms with van der Waals surface area (Å²) in [5.74, 6) is 0.171. The van der Waals surface area contributed by atoms with E-state index in [0.29, 0.717) is 26.1 Å². The fourth-order valence-electron chi connectivity index (χ4n) is 3.12.